The minimum absolute atomic E-state index is 0.415. The van der Waals surface area contributed by atoms with Gasteiger partial charge in [0.2, 0.25) is 0 Å². The normalized spacial score (nSPS) is 18.9. The van der Waals surface area contributed by atoms with Crippen molar-refractivity contribution in [1.82, 2.24) is 10.1 Å². The van der Waals surface area contributed by atoms with Crippen LogP contribution in [0, 0.1) is 6.92 Å². The number of hydrogen-bond donors (Lipinski definition) is 1. The van der Waals surface area contributed by atoms with Crippen molar-refractivity contribution in [3.05, 3.63) is 21.2 Å². The number of hydrogen-bond acceptors (Lipinski definition) is 5. The van der Waals surface area contributed by atoms with Crippen molar-refractivity contribution in [2.75, 3.05) is 0 Å². The lowest BCUT2D eigenvalue weighted by Gasteiger charge is -2.23. The summed E-state index contributed by atoms with van der Waals surface area (Å²) in [6.45, 7) is 2.05. The van der Waals surface area contributed by atoms with Gasteiger partial charge >= 0.3 is 0 Å². The largest absolute Gasteiger partial charge is 0.333 e. The van der Waals surface area contributed by atoms with Crippen LogP contribution in [0.1, 0.15) is 49.9 Å². The molecule has 2 aromatic heterocycles. The number of nitrogens with zero attached hydrogens (tertiary/aromatic N) is 2. The number of rotatable bonds is 2. The molecule has 1 fully saturated rings. The quantitative estimate of drug-likeness (QED) is 0.811. The molecule has 108 valence electrons. The maximum Gasteiger partial charge on any atom is 0.268 e. The second kappa shape index (κ2) is 5.58. The summed E-state index contributed by atoms with van der Waals surface area (Å²) in [5.41, 5.74) is 7.28. The van der Waals surface area contributed by atoms with Crippen molar-refractivity contribution >= 4 is 27.3 Å². The van der Waals surface area contributed by atoms with Crippen molar-refractivity contribution < 1.29 is 4.52 Å². The molecule has 1 aliphatic rings. The summed E-state index contributed by atoms with van der Waals surface area (Å²) >= 11 is 5.13. The summed E-state index contributed by atoms with van der Waals surface area (Å²) in [4.78, 5) is 5.55. The number of aromatic nitrogens is 2. The van der Waals surface area contributed by atoms with E-state index in [1.165, 1.54) is 18.4 Å². The van der Waals surface area contributed by atoms with Crippen molar-refractivity contribution in [2.45, 2.75) is 51.0 Å². The molecule has 0 atom stereocenters. The van der Waals surface area contributed by atoms with Crippen LogP contribution in [0.2, 0.25) is 0 Å². The van der Waals surface area contributed by atoms with Crippen LogP contribution in [0.5, 0.6) is 0 Å². The number of thiophene rings is 1. The molecule has 3 rings (SSSR count). The molecule has 4 nitrogen and oxygen atoms in total. The van der Waals surface area contributed by atoms with Gasteiger partial charge in [-0.05, 0) is 47.3 Å². The molecule has 0 bridgehead atoms. The van der Waals surface area contributed by atoms with Crippen LogP contribution in [-0.4, -0.2) is 10.1 Å². The third-order valence-corrected chi connectivity index (χ3v) is 6.06. The second-order valence-corrected chi connectivity index (χ2v) is 7.93. The van der Waals surface area contributed by atoms with E-state index < -0.39 is 5.54 Å². The van der Waals surface area contributed by atoms with Gasteiger partial charge in [-0.15, -0.1) is 11.3 Å². The van der Waals surface area contributed by atoms with Gasteiger partial charge in [-0.2, -0.15) is 4.98 Å². The van der Waals surface area contributed by atoms with E-state index in [2.05, 4.69) is 39.1 Å². The Morgan fingerprint density at radius 2 is 2.00 bits per heavy atom. The highest BCUT2D eigenvalue weighted by Crippen LogP contribution is 2.36. The van der Waals surface area contributed by atoms with Gasteiger partial charge in [0, 0.05) is 0 Å². The number of nitrogens with two attached hydrogens (primary N) is 1. The second-order valence-electron chi connectivity index (χ2n) is 5.56. The molecule has 0 spiro atoms. The lowest BCUT2D eigenvalue weighted by Crippen LogP contribution is -2.37. The first-order chi connectivity index (χ1) is 9.58. The van der Waals surface area contributed by atoms with Gasteiger partial charge in [-0.25, -0.2) is 0 Å². The van der Waals surface area contributed by atoms with E-state index in [-0.39, 0.29) is 0 Å². The Hall–Kier alpha value is -0.720. The SMILES string of the molecule is Cc1cc(-c2nc(C3(N)CCCCCC3)no2)sc1Br. The molecule has 2 aromatic rings. The fraction of sp³-hybridized carbons (Fsp3) is 0.571. The highest BCUT2D eigenvalue weighted by Gasteiger charge is 2.33. The molecular formula is C14H18BrN3OS. The van der Waals surface area contributed by atoms with Gasteiger partial charge in [0.1, 0.15) is 0 Å². The van der Waals surface area contributed by atoms with E-state index in [0.717, 1.165) is 34.3 Å². The van der Waals surface area contributed by atoms with Crippen LogP contribution in [0.3, 0.4) is 0 Å². The van der Waals surface area contributed by atoms with Crippen LogP contribution < -0.4 is 5.73 Å². The van der Waals surface area contributed by atoms with Crippen molar-refractivity contribution in [1.29, 1.82) is 0 Å². The zero-order valence-corrected chi connectivity index (χ0v) is 13.9. The molecule has 0 radical (unpaired) electrons. The highest BCUT2D eigenvalue weighted by atomic mass is 79.9. The maximum atomic E-state index is 6.52. The van der Waals surface area contributed by atoms with Gasteiger partial charge in [-0.3, -0.25) is 0 Å². The molecule has 1 saturated carbocycles. The van der Waals surface area contributed by atoms with Crippen molar-refractivity contribution in [2.24, 2.45) is 5.73 Å². The van der Waals surface area contributed by atoms with Gasteiger partial charge < -0.3 is 10.3 Å². The minimum atomic E-state index is -0.415. The van der Waals surface area contributed by atoms with E-state index in [1.807, 2.05) is 0 Å². The molecule has 2 heterocycles. The Kier molecular flexibility index (Phi) is 3.97. The summed E-state index contributed by atoms with van der Waals surface area (Å²) in [7, 11) is 0. The summed E-state index contributed by atoms with van der Waals surface area (Å²) in [5.74, 6) is 1.24. The minimum Gasteiger partial charge on any atom is -0.333 e. The zero-order valence-electron chi connectivity index (χ0n) is 11.5. The van der Waals surface area contributed by atoms with E-state index in [1.54, 1.807) is 11.3 Å². The van der Waals surface area contributed by atoms with Gasteiger partial charge in [-0.1, -0.05) is 30.8 Å². The van der Waals surface area contributed by atoms with E-state index in [4.69, 9.17) is 10.3 Å². The number of aryl methyl sites for hydroxylation is 1. The first kappa shape index (κ1) is 14.2. The first-order valence-electron chi connectivity index (χ1n) is 6.98. The summed E-state index contributed by atoms with van der Waals surface area (Å²) in [6.07, 6.45) is 6.67. The molecule has 6 heteroatoms. The average Bonchev–Trinajstić information content (AvgIpc) is 2.96. The molecule has 0 aromatic carbocycles. The van der Waals surface area contributed by atoms with Crippen LogP contribution in [0.4, 0.5) is 0 Å². The lowest BCUT2D eigenvalue weighted by molar-refractivity contribution is 0.334. The van der Waals surface area contributed by atoms with Crippen LogP contribution in [0.25, 0.3) is 10.8 Å². The fourth-order valence-corrected chi connectivity index (χ4v) is 4.13. The number of halogens is 1. The topological polar surface area (TPSA) is 64.9 Å². The summed E-state index contributed by atoms with van der Waals surface area (Å²) in [6, 6.07) is 2.06. The van der Waals surface area contributed by atoms with Gasteiger partial charge in [0.15, 0.2) is 5.82 Å². The Labute approximate surface area is 130 Å². The van der Waals surface area contributed by atoms with E-state index in [9.17, 15) is 0 Å². The van der Waals surface area contributed by atoms with Crippen LogP contribution in [0.15, 0.2) is 14.4 Å². The van der Waals surface area contributed by atoms with Gasteiger partial charge in [0.25, 0.3) is 5.89 Å². The third-order valence-electron chi connectivity index (χ3n) is 3.94. The van der Waals surface area contributed by atoms with Crippen molar-refractivity contribution in [3.63, 3.8) is 0 Å². The molecule has 1 aliphatic carbocycles. The van der Waals surface area contributed by atoms with E-state index >= 15 is 0 Å². The smallest absolute Gasteiger partial charge is 0.268 e. The summed E-state index contributed by atoms with van der Waals surface area (Å²) < 4.78 is 6.53. The molecule has 0 amide bonds. The molecule has 0 aliphatic heterocycles. The average molecular weight is 356 g/mol. The standard InChI is InChI=1S/C14H18BrN3OS/c1-9-8-10(20-11(9)15)12-17-13(18-19-12)14(16)6-4-2-3-5-7-14/h8H,2-7,16H2,1H3. The Bertz CT molecular complexity index is 580. The van der Waals surface area contributed by atoms with Crippen LogP contribution in [-0.2, 0) is 5.54 Å². The third kappa shape index (κ3) is 2.69. The Morgan fingerprint density at radius 3 is 2.60 bits per heavy atom. The monoisotopic (exact) mass is 355 g/mol. The maximum absolute atomic E-state index is 6.52. The fourth-order valence-electron chi connectivity index (χ4n) is 2.67. The summed E-state index contributed by atoms with van der Waals surface area (Å²) in [5, 5.41) is 4.15. The van der Waals surface area contributed by atoms with E-state index in [0.29, 0.717) is 11.7 Å². The molecule has 0 unspecified atom stereocenters. The molecule has 20 heavy (non-hydrogen) atoms. The molecular weight excluding hydrogens is 338 g/mol. The predicted octanol–water partition coefficient (Wildman–Crippen LogP) is 4.38. The predicted molar refractivity (Wildman–Crippen MR) is 83.6 cm³/mol. The molecule has 0 saturated heterocycles. The Morgan fingerprint density at radius 1 is 1.30 bits per heavy atom. The zero-order chi connectivity index (χ0) is 14.2. The first-order valence-corrected chi connectivity index (χ1v) is 8.59. The van der Waals surface area contributed by atoms with Crippen LogP contribution >= 0.6 is 27.3 Å². The van der Waals surface area contributed by atoms with Crippen molar-refractivity contribution in [3.8, 4) is 10.8 Å². The molecule has 2 N–H and O–H groups in total. The highest BCUT2D eigenvalue weighted by molar-refractivity contribution is 9.11. The Balaban J connectivity index is 1.89. The lowest BCUT2D eigenvalue weighted by atomic mass is 9.91. The van der Waals surface area contributed by atoms with Gasteiger partial charge in [0.05, 0.1) is 14.2 Å².